The van der Waals surface area contributed by atoms with Crippen molar-refractivity contribution >= 4 is 12.6 Å². The summed E-state index contributed by atoms with van der Waals surface area (Å²) in [5.74, 6) is 1.77. The zero-order valence-electron chi connectivity index (χ0n) is 12.0. The Balaban J connectivity index is 3.07. The average molecular weight is 261 g/mol. The Labute approximate surface area is 114 Å². The summed E-state index contributed by atoms with van der Waals surface area (Å²) in [7, 11) is 2.21. The molecule has 3 heteroatoms. The Morgan fingerprint density at radius 1 is 1.00 bits per heavy atom. The average Bonchev–Trinajstić information content (AvgIpc) is 2.26. The van der Waals surface area contributed by atoms with Crippen LogP contribution in [0.1, 0.15) is 46.0 Å². The highest BCUT2D eigenvalue weighted by molar-refractivity contribution is 7.80. The molecule has 0 bridgehead atoms. The molecule has 0 aliphatic heterocycles. The third kappa shape index (κ3) is 14.2. The lowest BCUT2D eigenvalue weighted by Crippen LogP contribution is -2.24. The van der Waals surface area contributed by atoms with Gasteiger partial charge in [-0.05, 0) is 50.9 Å². The molecule has 0 aromatic carbocycles. The van der Waals surface area contributed by atoms with Crippen molar-refractivity contribution in [2.24, 2.45) is 5.92 Å². The zero-order valence-corrected chi connectivity index (χ0v) is 12.8. The largest absolute Gasteiger partial charge is 0.381 e. The van der Waals surface area contributed by atoms with E-state index in [2.05, 4.69) is 38.4 Å². The van der Waals surface area contributed by atoms with E-state index in [1.165, 1.54) is 45.2 Å². The molecule has 0 amide bonds. The quantitative estimate of drug-likeness (QED) is 0.426. The van der Waals surface area contributed by atoms with Gasteiger partial charge < -0.3 is 9.64 Å². The Morgan fingerprint density at radius 3 is 2.24 bits per heavy atom. The molecule has 0 unspecified atom stereocenters. The van der Waals surface area contributed by atoms with Gasteiger partial charge in [-0.2, -0.15) is 12.6 Å². The highest BCUT2D eigenvalue weighted by Gasteiger charge is 2.00. The standard InChI is InChI=1S/C14H31NOS/c1-14(2)13-15(3)9-5-7-11-16-10-6-4-8-12-17/h14,17H,4-13H2,1-3H3. The van der Waals surface area contributed by atoms with E-state index in [9.17, 15) is 0 Å². The number of thiol groups is 1. The monoisotopic (exact) mass is 261 g/mol. The van der Waals surface area contributed by atoms with E-state index in [4.69, 9.17) is 4.74 Å². The minimum absolute atomic E-state index is 0.767. The summed E-state index contributed by atoms with van der Waals surface area (Å²) >= 11 is 4.19. The molecule has 17 heavy (non-hydrogen) atoms. The van der Waals surface area contributed by atoms with Crippen molar-refractivity contribution in [3.05, 3.63) is 0 Å². The maximum atomic E-state index is 5.60. The molecule has 0 aromatic heterocycles. The molecule has 0 rings (SSSR count). The van der Waals surface area contributed by atoms with Crippen LogP contribution in [0.2, 0.25) is 0 Å². The highest BCUT2D eigenvalue weighted by Crippen LogP contribution is 2.00. The lowest BCUT2D eigenvalue weighted by atomic mass is 10.2. The maximum absolute atomic E-state index is 5.60. The second-order valence-corrected chi connectivity index (χ2v) is 5.71. The van der Waals surface area contributed by atoms with Crippen LogP contribution >= 0.6 is 12.6 Å². The van der Waals surface area contributed by atoms with Crippen LogP contribution < -0.4 is 0 Å². The summed E-state index contributed by atoms with van der Waals surface area (Å²) in [5, 5.41) is 0. The van der Waals surface area contributed by atoms with E-state index >= 15 is 0 Å². The van der Waals surface area contributed by atoms with Crippen LogP contribution in [0.5, 0.6) is 0 Å². The van der Waals surface area contributed by atoms with Gasteiger partial charge in [0.25, 0.3) is 0 Å². The third-order valence-corrected chi connectivity index (χ3v) is 3.02. The molecule has 0 aliphatic carbocycles. The summed E-state index contributed by atoms with van der Waals surface area (Å²) in [4.78, 5) is 2.41. The summed E-state index contributed by atoms with van der Waals surface area (Å²) in [6.07, 6.45) is 6.09. The number of hydrogen-bond acceptors (Lipinski definition) is 3. The fourth-order valence-corrected chi connectivity index (χ4v) is 2.12. The molecule has 104 valence electrons. The Bertz CT molecular complexity index is 153. The fourth-order valence-electron chi connectivity index (χ4n) is 1.90. The van der Waals surface area contributed by atoms with Gasteiger partial charge in [0.2, 0.25) is 0 Å². The predicted octanol–water partition coefficient (Wildman–Crippen LogP) is 3.47. The predicted molar refractivity (Wildman–Crippen MR) is 80.1 cm³/mol. The first kappa shape index (κ1) is 17.3. The SMILES string of the molecule is CC(C)CN(C)CCCCOCCCCCS. The second-order valence-electron chi connectivity index (χ2n) is 5.26. The van der Waals surface area contributed by atoms with Crippen molar-refractivity contribution in [1.29, 1.82) is 0 Å². The summed E-state index contributed by atoms with van der Waals surface area (Å²) in [6.45, 7) is 8.78. The molecule has 0 spiro atoms. The van der Waals surface area contributed by atoms with Gasteiger partial charge in [-0.15, -0.1) is 0 Å². The molecule has 0 aromatic rings. The van der Waals surface area contributed by atoms with Gasteiger partial charge in [-0.3, -0.25) is 0 Å². The molecule has 0 N–H and O–H groups in total. The number of hydrogen-bond donors (Lipinski definition) is 1. The number of unbranched alkanes of at least 4 members (excludes halogenated alkanes) is 3. The molecular weight excluding hydrogens is 230 g/mol. The smallest absolute Gasteiger partial charge is 0.0466 e. The molecule has 0 atom stereocenters. The van der Waals surface area contributed by atoms with E-state index in [1.54, 1.807) is 0 Å². The normalized spacial score (nSPS) is 11.6. The zero-order chi connectivity index (χ0) is 12.9. The van der Waals surface area contributed by atoms with Crippen LogP contribution in [-0.4, -0.2) is 44.0 Å². The lowest BCUT2D eigenvalue weighted by molar-refractivity contribution is 0.124. The first-order chi connectivity index (χ1) is 8.16. The third-order valence-electron chi connectivity index (χ3n) is 2.70. The van der Waals surface area contributed by atoms with Crippen LogP contribution in [0, 0.1) is 5.92 Å². The van der Waals surface area contributed by atoms with Crippen LogP contribution in [0.25, 0.3) is 0 Å². The van der Waals surface area contributed by atoms with Gasteiger partial charge in [0.1, 0.15) is 0 Å². The number of nitrogens with zero attached hydrogens (tertiary/aromatic N) is 1. The molecule has 0 fully saturated rings. The van der Waals surface area contributed by atoms with Gasteiger partial charge in [-0.25, -0.2) is 0 Å². The van der Waals surface area contributed by atoms with Crippen LogP contribution in [0.4, 0.5) is 0 Å². The van der Waals surface area contributed by atoms with Crippen molar-refractivity contribution in [1.82, 2.24) is 4.90 Å². The maximum Gasteiger partial charge on any atom is 0.0466 e. The Kier molecular flexibility index (Phi) is 12.9. The minimum Gasteiger partial charge on any atom is -0.381 e. The van der Waals surface area contributed by atoms with Crippen molar-refractivity contribution < 1.29 is 4.74 Å². The van der Waals surface area contributed by atoms with Crippen molar-refractivity contribution in [2.45, 2.75) is 46.0 Å². The molecule has 0 aliphatic rings. The first-order valence-electron chi connectivity index (χ1n) is 7.04. The van der Waals surface area contributed by atoms with E-state index in [1.807, 2.05) is 0 Å². The summed E-state index contributed by atoms with van der Waals surface area (Å²) in [5.41, 5.74) is 0. The molecular formula is C14H31NOS. The molecule has 0 radical (unpaired) electrons. The summed E-state index contributed by atoms with van der Waals surface area (Å²) < 4.78 is 5.60. The summed E-state index contributed by atoms with van der Waals surface area (Å²) in [6, 6.07) is 0. The van der Waals surface area contributed by atoms with Crippen LogP contribution in [-0.2, 0) is 4.74 Å². The molecule has 2 nitrogen and oxygen atoms in total. The van der Waals surface area contributed by atoms with Crippen molar-refractivity contribution in [3.8, 4) is 0 Å². The van der Waals surface area contributed by atoms with Crippen molar-refractivity contribution in [2.75, 3.05) is 39.1 Å². The van der Waals surface area contributed by atoms with E-state index in [-0.39, 0.29) is 0 Å². The topological polar surface area (TPSA) is 12.5 Å². The van der Waals surface area contributed by atoms with E-state index < -0.39 is 0 Å². The van der Waals surface area contributed by atoms with Crippen LogP contribution in [0.3, 0.4) is 0 Å². The molecule has 0 saturated carbocycles. The van der Waals surface area contributed by atoms with Gasteiger partial charge in [0.05, 0.1) is 0 Å². The van der Waals surface area contributed by atoms with Gasteiger partial charge in [0.15, 0.2) is 0 Å². The second kappa shape index (κ2) is 12.7. The van der Waals surface area contributed by atoms with Gasteiger partial charge in [-0.1, -0.05) is 20.3 Å². The van der Waals surface area contributed by atoms with Crippen LogP contribution in [0.15, 0.2) is 0 Å². The van der Waals surface area contributed by atoms with E-state index in [0.29, 0.717) is 0 Å². The number of ether oxygens (including phenoxy) is 1. The first-order valence-corrected chi connectivity index (χ1v) is 7.67. The van der Waals surface area contributed by atoms with Gasteiger partial charge in [0, 0.05) is 19.8 Å². The highest BCUT2D eigenvalue weighted by atomic mass is 32.1. The lowest BCUT2D eigenvalue weighted by Gasteiger charge is -2.18. The number of rotatable bonds is 12. The molecule has 0 heterocycles. The Morgan fingerprint density at radius 2 is 1.65 bits per heavy atom. The fraction of sp³-hybridized carbons (Fsp3) is 1.00. The minimum atomic E-state index is 0.767. The van der Waals surface area contributed by atoms with Gasteiger partial charge >= 0.3 is 0 Å². The Hall–Kier alpha value is 0.270. The molecule has 0 saturated heterocycles. The van der Waals surface area contributed by atoms with Crippen molar-refractivity contribution in [3.63, 3.8) is 0 Å². The van der Waals surface area contributed by atoms with E-state index in [0.717, 1.165) is 24.9 Å².